The number of fused-ring (bicyclic) bond motifs is 1. The molecule has 92 valence electrons. The second-order valence-corrected chi connectivity index (χ2v) is 5.19. The van der Waals surface area contributed by atoms with E-state index < -0.39 is 0 Å². The Balaban J connectivity index is 2.09. The van der Waals surface area contributed by atoms with E-state index in [0.29, 0.717) is 18.2 Å². The van der Waals surface area contributed by atoms with Gasteiger partial charge in [-0.25, -0.2) is 0 Å². The number of ether oxygens (including phenoxy) is 2. The van der Waals surface area contributed by atoms with E-state index in [1.807, 2.05) is 36.4 Å². The number of hydrogen-bond acceptors (Lipinski definition) is 2. The summed E-state index contributed by atoms with van der Waals surface area (Å²) in [5.74, 6) is 1.56. The molecule has 2 aromatic rings. The van der Waals surface area contributed by atoms with Crippen molar-refractivity contribution < 1.29 is 9.47 Å². The molecule has 0 radical (unpaired) electrons. The molecule has 3 rings (SSSR count). The minimum absolute atomic E-state index is 0.586. The molecule has 4 heteroatoms. The Morgan fingerprint density at radius 2 is 1.78 bits per heavy atom. The predicted octanol–water partition coefficient (Wildman–Crippen LogP) is 4.54. The summed E-state index contributed by atoms with van der Waals surface area (Å²) in [6.45, 7) is 1.19. The molecule has 1 heterocycles. The van der Waals surface area contributed by atoms with E-state index >= 15 is 0 Å². The molecule has 0 saturated carbocycles. The molecule has 0 aliphatic carbocycles. The zero-order chi connectivity index (χ0) is 12.5. The number of hydrogen-bond donors (Lipinski definition) is 0. The third kappa shape index (κ3) is 2.08. The Bertz CT molecular complexity index is 598. The first-order valence-corrected chi connectivity index (χ1v) is 6.77. The summed E-state index contributed by atoms with van der Waals surface area (Å²) in [6.07, 6.45) is 0. The third-order valence-corrected chi connectivity index (χ3v) is 4.10. The molecule has 1 aliphatic heterocycles. The van der Waals surface area contributed by atoms with Gasteiger partial charge in [0.2, 0.25) is 0 Å². The van der Waals surface area contributed by atoms with E-state index in [0.717, 1.165) is 27.1 Å². The van der Waals surface area contributed by atoms with Gasteiger partial charge < -0.3 is 9.47 Å². The fraction of sp³-hybridized carbons (Fsp3) is 0.143. The van der Waals surface area contributed by atoms with Gasteiger partial charge in [-0.15, -0.1) is 0 Å². The van der Waals surface area contributed by atoms with Gasteiger partial charge in [0, 0.05) is 10.0 Å². The largest absolute Gasteiger partial charge is 0.486 e. The van der Waals surface area contributed by atoms with Gasteiger partial charge in [0.1, 0.15) is 13.2 Å². The zero-order valence-corrected chi connectivity index (χ0v) is 11.8. The van der Waals surface area contributed by atoms with Gasteiger partial charge in [-0.2, -0.15) is 0 Å². The Kier molecular flexibility index (Phi) is 3.18. The van der Waals surface area contributed by atoms with Gasteiger partial charge in [0.15, 0.2) is 11.5 Å². The Hall–Kier alpha value is -1.19. The van der Waals surface area contributed by atoms with E-state index in [2.05, 4.69) is 15.9 Å². The van der Waals surface area contributed by atoms with E-state index in [4.69, 9.17) is 21.1 Å². The third-order valence-electron chi connectivity index (χ3n) is 2.80. The molecule has 0 aromatic heterocycles. The molecular weight excluding hydrogens is 316 g/mol. The van der Waals surface area contributed by atoms with Crippen LogP contribution < -0.4 is 9.47 Å². The molecular formula is C14H10BrClO2. The van der Waals surface area contributed by atoms with E-state index in [1.165, 1.54) is 0 Å². The van der Waals surface area contributed by atoms with Crippen LogP contribution in [0.1, 0.15) is 0 Å². The number of benzene rings is 2. The molecule has 0 spiro atoms. The lowest BCUT2D eigenvalue weighted by molar-refractivity contribution is 0.171. The Labute approximate surface area is 119 Å². The molecule has 0 atom stereocenters. The van der Waals surface area contributed by atoms with Crippen LogP contribution in [-0.2, 0) is 0 Å². The first kappa shape index (κ1) is 11.9. The van der Waals surface area contributed by atoms with Crippen molar-refractivity contribution in [1.82, 2.24) is 0 Å². The topological polar surface area (TPSA) is 18.5 Å². The molecule has 2 nitrogen and oxygen atoms in total. The highest BCUT2D eigenvalue weighted by molar-refractivity contribution is 9.10. The van der Waals surface area contributed by atoms with Gasteiger partial charge in [0.25, 0.3) is 0 Å². The van der Waals surface area contributed by atoms with Gasteiger partial charge >= 0.3 is 0 Å². The number of rotatable bonds is 1. The van der Waals surface area contributed by atoms with E-state index in [1.54, 1.807) is 0 Å². The van der Waals surface area contributed by atoms with Crippen molar-refractivity contribution in [2.45, 2.75) is 0 Å². The minimum Gasteiger partial charge on any atom is -0.486 e. The number of halogens is 2. The van der Waals surface area contributed by atoms with Crippen LogP contribution in [0, 0.1) is 0 Å². The maximum atomic E-state index is 6.29. The van der Waals surface area contributed by atoms with Crippen LogP contribution in [0.5, 0.6) is 11.5 Å². The summed E-state index contributed by atoms with van der Waals surface area (Å²) in [6, 6.07) is 11.7. The molecule has 1 aliphatic rings. The molecule has 0 bridgehead atoms. The average molecular weight is 326 g/mol. The Morgan fingerprint density at radius 3 is 2.61 bits per heavy atom. The first-order valence-electron chi connectivity index (χ1n) is 5.60. The molecule has 18 heavy (non-hydrogen) atoms. The summed E-state index contributed by atoms with van der Waals surface area (Å²) in [5, 5.41) is 0.703. The van der Waals surface area contributed by atoms with Gasteiger partial charge in [-0.3, -0.25) is 0 Å². The molecule has 0 fully saturated rings. The second-order valence-electron chi connectivity index (χ2n) is 3.96. The summed E-state index contributed by atoms with van der Waals surface area (Å²) >= 11 is 9.72. The summed E-state index contributed by atoms with van der Waals surface area (Å²) in [5.41, 5.74) is 1.99. The highest BCUT2D eigenvalue weighted by Crippen LogP contribution is 2.38. The van der Waals surface area contributed by atoms with E-state index in [9.17, 15) is 0 Å². The van der Waals surface area contributed by atoms with Crippen LogP contribution in [0.3, 0.4) is 0 Å². The van der Waals surface area contributed by atoms with Gasteiger partial charge in [0.05, 0.1) is 5.02 Å². The summed E-state index contributed by atoms with van der Waals surface area (Å²) in [7, 11) is 0. The Morgan fingerprint density at radius 1 is 1.00 bits per heavy atom. The molecule has 0 unspecified atom stereocenters. The van der Waals surface area contributed by atoms with Gasteiger partial charge in [-0.05, 0) is 39.7 Å². The zero-order valence-electron chi connectivity index (χ0n) is 9.45. The SMILES string of the molecule is Clc1c(Br)cccc1-c1ccc2c(c1)OCCO2. The fourth-order valence-electron chi connectivity index (χ4n) is 1.94. The average Bonchev–Trinajstić information content (AvgIpc) is 2.41. The molecule has 0 saturated heterocycles. The lowest BCUT2D eigenvalue weighted by Crippen LogP contribution is -2.15. The van der Waals surface area contributed by atoms with Crippen LogP contribution >= 0.6 is 27.5 Å². The van der Waals surface area contributed by atoms with Crippen LogP contribution in [0.4, 0.5) is 0 Å². The highest BCUT2D eigenvalue weighted by Gasteiger charge is 2.14. The normalized spacial score (nSPS) is 13.4. The lowest BCUT2D eigenvalue weighted by atomic mass is 10.1. The fourth-order valence-corrected chi connectivity index (χ4v) is 2.54. The lowest BCUT2D eigenvalue weighted by Gasteiger charge is -2.19. The van der Waals surface area contributed by atoms with Crippen LogP contribution in [-0.4, -0.2) is 13.2 Å². The second kappa shape index (κ2) is 4.82. The molecule has 2 aromatic carbocycles. The standard InChI is InChI=1S/C14H10BrClO2/c15-11-3-1-2-10(14(11)16)9-4-5-12-13(8-9)18-7-6-17-12/h1-5,8H,6-7H2. The molecule has 0 amide bonds. The van der Waals surface area contributed by atoms with Crippen molar-refractivity contribution in [1.29, 1.82) is 0 Å². The van der Waals surface area contributed by atoms with Crippen LogP contribution in [0.2, 0.25) is 5.02 Å². The van der Waals surface area contributed by atoms with Crippen molar-refractivity contribution >= 4 is 27.5 Å². The van der Waals surface area contributed by atoms with Crippen LogP contribution in [0.25, 0.3) is 11.1 Å². The van der Waals surface area contributed by atoms with Crippen molar-refractivity contribution in [3.8, 4) is 22.6 Å². The smallest absolute Gasteiger partial charge is 0.161 e. The maximum absolute atomic E-state index is 6.29. The summed E-state index contributed by atoms with van der Waals surface area (Å²) in [4.78, 5) is 0. The summed E-state index contributed by atoms with van der Waals surface area (Å²) < 4.78 is 12.0. The van der Waals surface area contributed by atoms with Crippen molar-refractivity contribution in [2.24, 2.45) is 0 Å². The van der Waals surface area contributed by atoms with Gasteiger partial charge in [-0.1, -0.05) is 29.8 Å². The highest BCUT2D eigenvalue weighted by atomic mass is 79.9. The molecule has 0 N–H and O–H groups in total. The minimum atomic E-state index is 0.586. The van der Waals surface area contributed by atoms with Crippen molar-refractivity contribution in [3.05, 3.63) is 45.9 Å². The predicted molar refractivity (Wildman–Crippen MR) is 75.6 cm³/mol. The monoisotopic (exact) mass is 324 g/mol. The van der Waals surface area contributed by atoms with Crippen LogP contribution in [0.15, 0.2) is 40.9 Å². The maximum Gasteiger partial charge on any atom is 0.161 e. The van der Waals surface area contributed by atoms with Crippen molar-refractivity contribution in [3.63, 3.8) is 0 Å². The van der Waals surface area contributed by atoms with Crippen molar-refractivity contribution in [2.75, 3.05) is 13.2 Å². The van der Waals surface area contributed by atoms with E-state index in [-0.39, 0.29) is 0 Å². The first-order chi connectivity index (χ1) is 8.75. The quantitative estimate of drug-likeness (QED) is 0.766.